The fourth-order valence-corrected chi connectivity index (χ4v) is 3.02. The van der Waals surface area contributed by atoms with E-state index in [2.05, 4.69) is 20.4 Å². The number of alkyl carbamates (subject to hydrolysis) is 1. The molecule has 0 bridgehead atoms. The number of β-amino-alcohol motifs (C(OH)–C–C–N with tert-alkyl or cyclic N) is 1. The fourth-order valence-electron chi connectivity index (χ4n) is 3.02. The van der Waals surface area contributed by atoms with Crippen LogP contribution in [0.15, 0.2) is 41.3 Å². The lowest BCUT2D eigenvalue weighted by molar-refractivity contribution is -0.323. The van der Waals surface area contributed by atoms with E-state index in [4.69, 9.17) is 9.15 Å². The van der Waals surface area contributed by atoms with Crippen molar-refractivity contribution in [3.63, 3.8) is 0 Å². The molecule has 1 fully saturated rings. The molecule has 0 radical (unpaired) electrons. The Kier molecular flexibility index (Phi) is 6.72. The number of carbonyl (C=O) groups is 1. The smallest absolute Gasteiger partial charge is 0.444 e. The third-order valence-electron chi connectivity index (χ3n) is 4.37. The minimum atomic E-state index is -4.76. The van der Waals surface area contributed by atoms with Gasteiger partial charge < -0.3 is 24.9 Å². The number of halogens is 3. The van der Waals surface area contributed by atoms with E-state index >= 15 is 0 Å². The Morgan fingerprint density at radius 3 is 2.76 bits per heavy atom. The van der Waals surface area contributed by atoms with Crippen LogP contribution >= 0.6 is 0 Å². The quantitative estimate of drug-likeness (QED) is 0.593. The molecule has 3 atom stereocenters. The molecule has 1 aliphatic rings. The van der Waals surface area contributed by atoms with Gasteiger partial charge in [-0.05, 0) is 12.0 Å². The highest BCUT2D eigenvalue weighted by molar-refractivity contribution is 5.67. The Balaban J connectivity index is 1.50. The summed E-state index contributed by atoms with van der Waals surface area (Å²) >= 11 is 0. The summed E-state index contributed by atoms with van der Waals surface area (Å²) in [5.41, 5.74) is 1.80. The number of hydrogen-bond acceptors (Lipinski definition) is 7. The second-order valence-corrected chi connectivity index (χ2v) is 6.44. The van der Waals surface area contributed by atoms with Gasteiger partial charge in [0.1, 0.15) is 12.2 Å². The Labute approximate surface area is 164 Å². The average Bonchev–Trinajstić information content (AvgIpc) is 3.31. The highest BCUT2D eigenvalue weighted by Gasteiger charge is 2.37. The van der Waals surface area contributed by atoms with E-state index in [-0.39, 0.29) is 19.1 Å². The first kappa shape index (κ1) is 21.1. The van der Waals surface area contributed by atoms with E-state index < -0.39 is 31.3 Å². The summed E-state index contributed by atoms with van der Waals surface area (Å²) in [4.78, 5) is 15.7. The van der Waals surface area contributed by atoms with Crippen molar-refractivity contribution in [2.75, 3.05) is 19.7 Å². The van der Waals surface area contributed by atoms with Crippen molar-refractivity contribution in [1.29, 1.82) is 0 Å². The van der Waals surface area contributed by atoms with Crippen LogP contribution in [0, 0.1) is 0 Å². The van der Waals surface area contributed by atoms with Crippen molar-refractivity contribution in [2.45, 2.75) is 31.0 Å². The molecule has 1 aromatic heterocycles. The van der Waals surface area contributed by atoms with Gasteiger partial charge in [0, 0.05) is 18.7 Å². The van der Waals surface area contributed by atoms with Crippen molar-refractivity contribution in [3.05, 3.63) is 42.4 Å². The zero-order valence-electron chi connectivity index (χ0n) is 15.2. The summed E-state index contributed by atoms with van der Waals surface area (Å²) in [6, 6.07) is 7.15. The van der Waals surface area contributed by atoms with Crippen LogP contribution in [-0.2, 0) is 15.9 Å². The van der Waals surface area contributed by atoms with E-state index in [0.29, 0.717) is 12.2 Å². The molecule has 0 spiro atoms. The normalized spacial score (nSPS) is 21.9. The minimum absolute atomic E-state index is 0.232. The van der Waals surface area contributed by atoms with E-state index in [0.717, 1.165) is 11.1 Å². The van der Waals surface area contributed by atoms with Crippen LogP contribution in [0.5, 0.6) is 0 Å². The van der Waals surface area contributed by atoms with Gasteiger partial charge in [0.05, 0.1) is 18.8 Å². The Morgan fingerprint density at radius 2 is 2.10 bits per heavy atom. The van der Waals surface area contributed by atoms with Gasteiger partial charge in [-0.2, -0.15) is 0 Å². The number of alkyl halides is 3. The van der Waals surface area contributed by atoms with Crippen LogP contribution in [0.25, 0.3) is 11.3 Å². The molecule has 1 aliphatic heterocycles. The van der Waals surface area contributed by atoms with Gasteiger partial charge in [0.15, 0.2) is 12.2 Å². The molecule has 3 N–H and O–H groups in total. The second-order valence-electron chi connectivity index (χ2n) is 6.44. The minimum Gasteiger partial charge on any atom is -0.444 e. The third-order valence-corrected chi connectivity index (χ3v) is 4.37. The number of aliphatic hydroxyl groups excluding tert-OH is 1. The van der Waals surface area contributed by atoms with Gasteiger partial charge in [-0.1, -0.05) is 24.3 Å². The molecule has 0 saturated carbocycles. The molecule has 1 aromatic carbocycles. The summed E-state index contributed by atoms with van der Waals surface area (Å²) in [5.74, 6) is 0.637. The van der Waals surface area contributed by atoms with Gasteiger partial charge in [0.2, 0.25) is 0 Å². The number of aliphatic hydroxyl groups is 1. The molecule has 3 rings (SSSR count). The van der Waals surface area contributed by atoms with Gasteiger partial charge in [-0.15, -0.1) is 13.2 Å². The predicted molar refractivity (Wildman–Crippen MR) is 93.7 cm³/mol. The summed E-state index contributed by atoms with van der Waals surface area (Å²) in [7, 11) is 0. The molecule has 11 heteroatoms. The van der Waals surface area contributed by atoms with Crippen molar-refractivity contribution >= 4 is 6.09 Å². The zero-order chi connectivity index (χ0) is 20.9. The maximum Gasteiger partial charge on any atom is 0.522 e. The van der Waals surface area contributed by atoms with Crippen molar-refractivity contribution in [1.82, 2.24) is 15.6 Å². The van der Waals surface area contributed by atoms with Crippen molar-refractivity contribution in [2.24, 2.45) is 0 Å². The standard InChI is InChI=1S/C18H20F3N3O5/c19-18(20,21)28-6-5-23-17(26)29-16-13(24-8-14(16)25)7-11-1-3-12(4-2-11)15-9-22-10-27-15/h1-4,9-10,13-14,16,24-25H,5-8H2,(H,23,26)/t13-,14+,16+/m1/s1. The summed E-state index contributed by atoms with van der Waals surface area (Å²) in [5, 5.41) is 15.3. The summed E-state index contributed by atoms with van der Waals surface area (Å²) in [6.45, 7) is -0.872. The van der Waals surface area contributed by atoms with Crippen LogP contribution in [-0.4, -0.2) is 60.5 Å². The van der Waals surface area contributed by atoms with Crippen molar-refractivity contribution < 1.29 is 37.0 Å². The van der Waals surface area contributed by atoms with Crippen LogP contribution in [0.1, 0.15) is 5.56 Å². The number of nitrogens with one attached hydrogen (secondary N) is 2. The fraction of sp³-hybridized carbons (Fsp3) is 0.444. The van der Waals surface area contributed by atoms with E-state index in [9.17, 15) is 23.1 Å². The molecule has 0 unspecified atom stereocenters. The highest BCUT2D eigenvalue weighted by Crippen LogP contribution is 2.22. The molecular weight excluding hydrogens is 395 g/mol. The molecular formula is C18H20F3N3O5. The topological polar surface area (TPSA) is 106 Å². The second kappa shape index (κ2) is 9.25. The average molecular weight is 415 g/mol. The van der Waals surface area contributed by atoms with Gasteiger partial charge in [-0.25, -0.2) is 9.78 Å². The molecule has 158 valence electrons. The number of hydrogen-bond donors (Lipinski definition) is 3. The maximum absolute atomic E-state index is 11.9. The first-order chi connectivity index (χ1) is 13.8. The number of carbonyl (C=O) groups excluding carboxylic acids is 1. The van der Waals surface area contributed by atoms with Gasteiger partial charge in [-0.3, -0.25) is 4.74 Å². The number of oxazole rings is 1. The molecule has 1 saturated heterocycles. The highest BCUT2D eigenvalue weighted by atomic mass is 19.4. The number of aromatic nitrogens is 1. The van der Waals surface area contributed by atoms with Crippen LogP contribution in [0.3, 0.4) is 0 Å². The third kappa shape index (κ3) is 6.17. The molecule has 29 heavy (non-hydrogen) atoms. The number of benzene rings is 1. The molecule has 8 nitrogen and oxygen atoms in total. The Hall–Kier alpha value is -2.63. The molecule has 2 heterocycles. The van der Waals surface area contributed by atoms with E-state index in [1.165, 1.54) is 6.39 Å². The Morgan fingerprint density at radius 1 is 1.34 bits per heavy atom. The van der Waals surface area contributed by atoms with E-state index in [1.54, 1.807) is 6.20 Å². The van der Waals surface area contributed by atoms with Gasteiger partial charge in [0.25, 0.3) is 0 Å². The van der Waals surface area contributed by atoms with Crippen LogP contribution < -0.4 is 10.6 Å². The van der Waals surface area contributed by atoms with E-state index in [1.807, 2.05) is 24.3 Å². The monoisotopic (exact) mass is 415 g/mol. The van der Waals surface area contributed by atoms with Crippen LogP contribution in [0.4, 0.5) is 18.0 Å². The number of rotatable bonds is 7. The predicted octanol–water partition coefficient (Wildman–Crippen LogP) is 1.85. The number of ether oxygens (including phenoxy) is 2. The lowest BCUT2D eigenvalue weighted by Gasteiger charge is -2.22. The van der Waals surface area contributed by atoms with Crippen molar-refractivity contribution in [3.8, 4) is 11.3 Å². The lowest BCUT2D eigenvalue weighted by Crippen LogP contribution is -2.42. The molecule has 0 aliphatic carbocycles. The first-order valence-electron chi connectivity index (χ1n) is 8.86. The zero-order valence-corrected chi connectivity index (χ0v) is 15.2. The van der Waals surface area contributed by atoms with Gasteiger partial charge >= 0.3 is 12.5 Å². The SMILES string of the molecule is O=C(NCCOC(F)(F)F)O[C@@H]1[C@@H](O)CN[C@@H]1Cc1ccc(-c2cnco2)cc1. The lowest BCUT2D eigenvalue weighted by atomic mass is 10.0. The molecule has 2 aromatic rings. The Bertz CT molecular complexity index is 783. The summed E-state index contributed by atoms with van der Waals surface area (Å²) < 4.78 is 49.7. The number of nitrogens with zero attached hydrogens (tertiary/aromatic N) is 1. The molecule has 1 amide bonds. The first-order valence-corrected chi connectivity index (χ1v) is 8.86. The largest absolute Gasteiger partial charge is 0.522 e. The van der Waals surface area contributed by atoms with Crippen LogP contribution in [0.2, 0.25) is 0 Å². The maximum atomic E-state index is 11.9. The summed E-state index contributed by atoms with van der Waals surface area (Å²) in [6.07, 6.45) is -4.03. The number of amides is 1.